The number of hydrogen-bond donors (Lipinski definition) is 3. The quantitative estimate of drug-likeness (QED) is 0.534. The fraction of sp³-hybridized carbons (Fsp3) is 0.750. The van der Waals surface area contributed by atoms with E-state index in [9.17, 15) is 0 Å². The molecule has 2 heterocycles. The molecule has 1 aliphatic rings. The van der Waals surface area contributed by atoms with E-state index < -0.39 is 0 Å². The minimum absolute atomic E-state index is 0.281. The third kappa shape index (κ3) is 1.79. The van der Waals surface area contributed by atoms with Crippen molar-refractivity contribution in [1.29, 1.82) is 0 Å². The van der Waals surface area contributed by atoms with Gasteiger partial charge in [-0.2, -0.15) is 0 Å². The van der Waals surface area contributed by atoms with Crippen molar-refractivity contribution in [3.05, 3.63) is 5.82 Å². The first kappa shape index (κ1) is 9.26. The van der Waals surface area contributed by atoms with Gasteiger partial charge in [0.15, 0.2) is 5.82 Å². The van der Waals surface area contributed by atoms with E-state index in [1.807, 2.05) is 0 Å². The van der Waals surface area contributed by atoms with E-state index in [0.717, 1.165) is 25.3 Å². The van der Waals surface area contributed by atoms with Gasteiger partial charge in [0.05, 0.1) is 0 Å². The molecule has 1 saturated heterocycles. The van der Waals surface area contributed by atoms with Crippen LogP contribution in [0.2, 0.25) is 0 Å². The lowest BCUT2D eigenvalue weighted by atomic mass is 9.96. The molecule has 0 amide bonds. The zero-order chi connectivity index (χ0) is 9.97. The normalized spacial score (nSPS) is 22.4. The zero-order valence-electron chi connectivity index (χ0n) is 8.11. The van der Waals surface area contributed by atoms with Gasteiger partial charge in [0.25, 0.3) is 0 Å². The number of nitrogen functional groups attached to an aromatic ring is 2. The molecule has 0 radical (unpaired) electrons. The first-order chi connectivity index (χ1) is 6.77. The van der Waals surface area contributed by atoms with Crippen LogP contribution < -0.4 is 16.9 Å². The van der Waals surface area contributed by atoms with E-state index in [1.54, 1.807) is 0 Å². The van der Waals surface area contributed by atoms with E-state index in [4.69, 9.17) is 11.6 Å². The summed E-state index contributed by atoms with van der Waals surface area (Å²) in [6, 6.07) is 0. The van der Waals surface area contributed by atoms with Crippen molar-refractivity contribution in [2.75, 3.05) is 24.7 Å². The number of piperidine rings is 1. The second-order valence-corrected chi connectivity index (χ2v) is 3.76. The van der Waals surface area contributed by atoms with Gasteiger partial charge in [-0.3, -0.25) is 0 Å². The number of nitrogens with one attached hydrogen (secondary N) is 1. The van der Waals surface area contributed by atoms with Gasteiger partial charge >= 0.3 is 0 Å². The molecule has 1 fully saturated rings. The summed E-state index contributed by atoms with van der Waals surface area (Å²) in [6.07, 6.45) is 3.30. The van der Waals surface area contributed by atoms with Crippen molar-refractivity contribution >= 4 is 5.95 Å². The molecule has 0 aliphatic carbocycles. The molecule has 1 aromatic heterocycles. The molecular formula is C8H16N6. The lowest BCUT2D eigenvalue weighted by Crippen LogP contribution is -2.32. The third-order valence-corrected chi connectivity index (χ3v) is 2.66. The second kappa shape index (κ2) is 3.83. The number of rotatable bonds is 2. The Morgan fingerprint density at radius 2 is 2.36 bits per heavy atom. The molecule has 1 aliphatic heterocycles. The zero-order valence-corrected chi connectivity index (χ0v) is 8.11. The lowest BCUT2D eigenvalue weighted by molar-refractivity contribution is 0.368. The van der Waals surface area contributed by atoms with Gasteiger partial charge in [-0.1, -0.05) is 0 Å². The summed E-state index contributed by atoms with van der Waals surface area (Å²) in [7, 11) is 0. The van der Waals surface area contributed by atoms with Crippen LogP contribution in [0.1, 0.15) is 18.7 Å². The molecule has 2 rings (SSSR count). The number of aromatic nitrogens is 3. The van der Waals surface area contributed by atoms with E-state index in [-0.39, 0.29) is 5.95 Å². The Hall–Kier alpha value is -1.30. The fourth-order valence-electron chi connectivity index (χ4n) is 1.83. The maximum Gasteiger partial charge on any atom is 0.240 e. The average Bonchev–Trinajstić information content (AvgIpc) is 2.52. The van der Waals surface area contributed by atoms with Crippen molar-refractivity contribution in [3.63, 3.8) is 0 Å². The van der Waals surface area contributed by atoms with Crippen LogP contribution in [0.15, 0.2) is 0 Å². The predicted octanol–water partition coefficient (Wildman–Crippen LogP) is -0.884. The predicted molar refractivity (Wildman–Crippen MR) is 53.9 cm³/mol. The van der Waals surface area contributed by atoms with E-state index in [0.29, 0.717) is 5.92 Å². The van der Waals surface area contributed by atoms with Gasteiger partial charge < -0.3 is 16.9 Å². The molecule has 1 unspecified atom stereocenters. The van der Waals surface area contributed by atoms with Crippen LogP contribution in [0.3, 0.4) is 0 Å². The molecule has 0 saturated carbocycles. The highest BCUT2D eigenvalue weighted by Crippen LogP contribution is 2.14. The minimum atomic E-state index is 0.281. The van der Waals surface area contributed by atoms with Crippen LogP contribution in [0, 0.1) is 5.92 Å². The Bertz CT molecular complexity index is 301. The van der Waals surface area contributed by atoms with Gasteiger partial charge in [-0.25, -0.2) is 4.68 Å². The van der Waals surface area contributed by atoms with Crippen LogP contribution in [0.5, 0.6) is 0 Å². The molecule has 14 heavy (non-hydrogen) atoms. The molecule has 1 atom stereocenters. The summed E-state index contributed by atoms with van der Waals surface area (Å²) in [6.45, 7) is 2.15. The highest BCUT2D eigenvalue weighted by atomic mass is 15.4. The van der Waals surface area contributed by atoms with Crippen molar-refractivity contribution < 1.29 is 0 Å². The van der Waals surface area contributed by atoms with Crippen molar-refractivity contribution in [3.8, 4) is 0 Å². The summed E-state index contributed by atoms with van der Waals surface area (Å²) in [5.41, 5.74) is 5.49. The number of hydrogen-bond acceptors (Lipinski definition) is 5. The van der Waals surface area contributed by atoms with Crippen molar-refractivity contribution in [1.82, 2.24) is 20.2 Å². The summed E-state index contributed by atoms with van der Waals surface area (Å²) < 4.78 is 1.37. The van der Waals surface area contributed by atoms with Gasteiger partial charge in [0, 0.05) is 6.42 Å². The average molecular weight is 196 g/mol. The monoisotopic (exact) mass is 196 g/mol. The molecule has 6 nitrogen and oxygen atoms in total. The van der Waals surface area contributed by atoms with Gasteiger partial charge in [-0.15, -0.1) is 10.2 Å². The van der Waals surface area contributed by atoms with Crippen molar-refractivity contribution in [2.45, 2.75) is 19.3 Å². The first-order valence-electron chi connectivity index (χ1n) is 4.93. The molecule has 5 N–H and O–H groups in total. The first-order valence-corrected chi connectivity index (χ1v) is 4.93. The highest BCUT2D eigenvalue weighted by molar-refractivity contribution is 5.17. The van der Waals surface area contributed by atoms with Crippen LogP contribution in [-0.4, -0.2) is 28.0 Å². The molecular weight excluding hydrogens is 180 g/mol. The van der Waals surface area contributed by atoms with E-state index in [1.165, 1.54) is 17.5 Å². The maximum absolute atomic E-state index is 5.67. The molecule has 0 bridgehead atoms. The number of nitrogens with two attached hydrogens (primary N) is 2. The fourth-order valence-corrected chi connectivity index (χ4v) is 1.83. The van der Waals surface area contributed by atoms with Crippen LogP contribution in [-0.2, 0) is 6.42 Å². The number of nitrogens with zero attached hydrogens (tertiary/aromatic N) is 3. The van der Waals surface area contributed by atoms with Crippen LogP contribution in [0.25, 0.3) is 0 Å². The molecule has 6 heteroatoms. The molecule has 1 aromatic rings. The standard InChI is InChI=1S/C8H16N6/c9-8-13-12-7(14(8)10)4-6-2-1-3-11-5-6/h6,11H,1-5,10H2,(H2,9,13). The van der Waals surface area contributed by atoms with E-state index >= 15 is 0 Å². The Kier molecular flexibility index (Phi) is 2.53. The van der Waals surface area contributed by atoms with Crippen LogP contribution >= 0.6 is 0 Å². The van der Waals surface area contributed by atoms with Gasteiger partial charge in [-0.05, 0) is 31.8 Å². The van der Waals surface area contributed by atoms with Gasteiger partial charge in [0.2, 0.25) is 5.95 Å². The Labute approximate surface area is 82.6 Å². The number of anilines is 1. The molecule has 0 spiro atoms. The smallest absolute Gasteiger partial charge is 0.240 e. The molecule has 78 valence electrons. The Balaban J connectivity index is 1.99. The van der Waals surface area contributed by atoms with Crippen LogP contribution in [0.4, 0.5) is 5.95 Å². The van der Waals surface area contributed by atoms with Gasteiger partial charge in [0.1, 0.15) is 0 Å². The SMILES string of the molecule is Nc1nnc(CC2CCCNC2)n1N. The highest BCUT2D eigenvalue weighted by Gasteiger charge is 2.17. The maximum atomic E-state index is 5.67. The summed E-state index contributed by atoms with van der Waals surface area (Å²) in [5, 5.41) is 11.0. The van der Waals surface area contributed by atoms with Crippen molar-refractivity contribution in [2.24, 2.45) is 5.92 Å². The summed E-state index contributed by atoms with van der Waals surface area (Å²) in [4.78, 5) is 0. The third-order valence-electron chi connectivity index (χ3n) is 2.66. The lowest BCUT2D eigenvalue weighted by Gasteiger charge is -2.21. The Morgan fingerprint density at radius 3 is 2.93 bits per heavy atom. The van der Waals surface area contributed by atoms with E-state index in [2.05, 4.69) is 15.5 Å². The minimum Gasteiger partial charge on any atom is -0.366 e. The molecule has 0 aromatic carbocycles. The largest absolute Gasteiger partial charge is 0.366 e. The Morgan fingerprint density at radius 1 is 1.50 bits per heavy atom. The summed E-state index contributed by atoms with van der Waals surface area (Å²) in [5.74, 6) is 7.33. The second-order valence-electron chi connectivity index (χ2n) is 3.76. The topological polar surface area (TPSA) is 94.8 Å². The summed E-state index contributed by atoms with van der Waals surface area (Å²) >= 11 is 0.